The lowest BCUT2D eigenvalue weighted by atomic mass is 10.1. The van der Waals surface area contributed by atoms with E-state index in [2.05, 4.69) is 15.0 Å². The lowest BCUT2D eigenvalue weighted by molar-refractivity contribution is -0.138. The summed E-state index contributed by atoms with van der Waals surface area (Å²) >= 11 is 5.88. The average Bonchev–Trinajstić information content (AvgIpc) is 2.74. The van der Waals surface area contributed by atoms with Gasteiger partial charge < -0.3 is 10.1 Å². The molecule has 0 unspecified atom stereocenters. The highest BCUT2D eigenvalue weighted by atomic mass is 35.5. The number of carboxylic acids is 1. The maximum Gasteiger partial charge on any atom is 0.312 e. The van der Waals surface area contributed by atoms with Crippen molar-refractivity contribution in [3.63, 3.8) is 0 Å². The highest BCUT2D eigenvalue weighted by molar-refractivity contribution is 6.30. The van der Waals surface area contributed by atoms with E-state index in [1.165, 1.54) is 0 Å². The third-order valence-corrected chi connectivity index (χ3v) is 3.31. The predicted octanol–water partition coefficient (Wildman–Crippen LogP) is 2.95. The van der Waals surface area contributed by atoms with Crippen molar-refractivity contribution in [2.24, 2.45) is 0 Å². The third-order valence-electron chi connectivity index (χ3n) is 3.10. The summed E-state index contributed by atoms with van der Waals surface area (Å²) in [6.45, 7) is 1.61. The van der Waals surface area contributed by atoms with Crippen molar-refractivity contribution < 1.29 is 9.90 Å². The highest BCUT2D eigenvalue weighted by Gasteiger charge is 2.16. The zero-order chi connectivity index (χ0) is 13.6. The summed E-state index contributed by atoms with van der Waals surface area (Å²) < 4.78 is 0. The molecule has 0 fully saturated rings. The second-order valence-electron chi connectivity index (χ2n) is 4.35. The first-order chi connectivity index (χ1) is 9.06. The van der Waals surface area contributed by atoms with Gasteiger partial charge in [-0.15, -0.1) is 0 Å². The molecule has 0 saturated heterocycles. The number of pyridine rings is 2. The van der Waals surface area contributed by atoms with Crippen LogP contribution in [0.25, 0.3) is 22.1 Å². The number of nitrogens with zero attached hydrogens (tertiary/aromatic N) is 2. The minimum atomic E-state index is -0.899. The van der Waals surface area contributed by atoms with Gasteiger partial charge >= 0.3 is 5.97 Å². The van der Waals surface area contributed by atoms with E-state index in [0.717, 1.165) is 16.4 Å². The van der Waals surface area contributed by atoms with Crippen molar-refractivity contribution in [3.05, 3.63) is 35.1 Å². The second kappa shape index (κ2) is 4.20. The Morgan fingerprint density at radius 3 is 2.84 bits per heavy atom. The molecule has 3 rings (SSSR count). The van der Waals surface area contributed by atoms with Gasteiger partial charge in [0.25, 0.3) is 0 Å². The zero-order valence-electron chi connectivity index (χ0n) is 10.0. The number of hydrogen-bond acceptors (Lipinski definition) is 3. The molecule has 0 aliphatic carbocycles. The Labute approximate surface area is 113 Å². The van der Waals surface area contributed by atoms with Crippen LogP contribution in [-0.2, 0) is 4.79 Å². The van der Waals surface area contributed by atoms with Crippen LogP contribution in [0.3, 0.4) is 0 Å². The number of hydrogen-bond donors (Lipinski definition) is 2. The fourth-order valence-corrected chi connectivity index (χ4v) is 2.14. The standard InChI is InChI=1S/C13H10ClN3O2/c1-6(13(18)19)8-3-2-7-11-9(16-12(7)15-8)4-5-10(14)17-11/h2-6H,1H3,(H,15,16)(H,18,19)/t6-/m0/s1. The maximum atomic E-state index is 11.0. The Kier molecular flexibility index (Phi) is 2.64. The molecule has 1 atom stereocenters. The lowest BCUT2D eigenvalue weighted by Crippen LogP contribution is -2.08. The van der Waals surface area contributed by atoms with E-state index < -0.39 is 11.9 Å². The first-order valence-electron chi connectivity index (χ1n) is 5.74. The Hall–Kier alpha value is -2.14. The van der Waals surface area contributed by atoms with Crippen molar-refractivity contribution in [2.45, 2.75) is 12.8 Å². The number of nitrogens with one attached hydrogen (secondary N) is 1. The van der Waals surface area contributed by atoms with Crippen molar-refractivity contribution in [1.29, 1.82) is 0 Å². The number of carbonyl (C=O) groups is 1. The molecular formula is C13H10ClN3O2. The van der Waals surface area contributed by atoms with Gasteiger partial charge in [-0.25, -0.2) is 9.97 Å². The third kappa shape index (κ3) is 1.92. The van der Waals surface area contributed by atoms with Gasteiger partial charge in [0.2, 0.25) is 0 Å². The Morgan fingerprint density at radius 2 is 2.11 bits per heavy atom. The second-order valence-corrected chi connectivity index (χ2v) is 4.73. The quantitative estimate of drug-likeness (QED) is 0.705. The Morgan fingerprint density at radius 1 is 1.32 bits per heavy atom. The van der Waals surface area contributed by atoms with Gasteiger partial charge in [-0.2, -0.15) is 0 Å². The van der Waals surface area contributed by atoms with Crippen LogP contribution in [0.4, 0.5) is 0 Å². The van der Waals surface area contributed by atoms with Crippen LogP contribution in [0.15, 0.2) is 24.3 Å². The molecule has 19 heavy (non-hydrogen) atoms. The van der Waals surface area contributed by atoms with Gasteiger partial charge in [0.05, 0.1) is 22.6 Å². The van der Waals surface area contributed by atoms with Crippen molar-refractivity contribution in [1.82, 2.24) is 15.0 Å². The van der Waals surface area contributed by atoms with Gasteiger partial charge in [0, 0.05) is 5.39 Å². The molecule has 0 radical (unpaired) electrons. The molecule has 0 aliphatic rings. The van der Waals surface area contributed by atoms with E-state index in [-0.39, 0.29) is 0 Å². The molecule has 0 amide bonds. The van der Waals surface area contributed by atoms with Gasteiger partial charge in [0.1, 0.15) is 10.8 Å². The molecule has 0 spiro atoms. The highest BCUT2D eigenvalue weighted by Crippen LogP contribution is 2.25. The minimum Gasteiger partial charge on any atom is -0.481 e. The van der Waals surface area contributed by atoms with E-state index in [1.54, 1.807) is 19.1 Å². The normalized spacial score (nSPS) is 12.9. The van der Waals surface area contributed by atoms with Crippen LogP contribution in [0.2, 0.25) is 5.15 Å². The largest absolute Gasteiger partial charge is 0.481 e. The summed E-state index contributed by atoms with van der Waals surface area (Å²) in [4.78, 5) is 22.7. The summed E-state index contributed by atoms with van der Waals surface area (Å²) in [6.07, 6.45) is 0. The smallest absolute Gasteiger partial charge is 0.312 e. The Balaban J connectivity index is 2.24. The predicted molar refractivity (Wildman–Crippen MR) is 72.5 cm³/mol. The van der Waals surface area contributed by atoms with E-state index >= 15 is 0 Å². The van der Waals surface area contributed by atoms with E-state index in [9.17, 15) is 4.79 Å². The van der Waals surface area contributed by atoms with Crippen LogP contribution < -0.4 is 0 Å². The topological polar surface area (TPSA) is 78.9 Å². The van der Waals surface area contributed by atoms with Crippen molar-refractivity contribution in [3.8, 4) is 0 Å². The van der Waals surface area contributed by atoms with Gasteiger partial charge in [-0.05, 0) is 31.2 Å². The van der Waals surface area contributed by atoms with Gasteiger partial charge in [-0.3, -0.25) is 4.79 Å². The number of H-pyrrole nitrogens is 1. The van der Waals surface area contributed by atoms with E-state index in [4.69, 9.17) is 16.7 Å². The van der Waals surface area contributed by atoms with E-state index in [1.807, 2.05) is 12.1 Å². The van der Waals surface area contributed by atoms with Gasteiger partial charge in [0.15, 0.2) is 0 Å². The van der Waals surface area contributed by atoms with Crippen molar-refractivity contribution >= 4 is 39.6 Å². The number of aromatic nitrogens is 3. The molecule has 5 nitrogen and oxygen atoms in total. The molecule has 0 bridgehead atoms. The fraction of sp³-hybridized carbons (Fsp3) is 0.154. The van der Waals surface area contributed by atoms with Crippen LogP contribution in [0.1, 0.15) is 18.5 Å². The molecule has 6 heteroatoms. The fourth-order valence-electron chi connectivity index (χ4n) is 2.00. The number of halogens is 1. The van der Waals surface area contributed by atoms with Crippen LogP contribution in [0.5, 0.6) is 0 Å². The maximum absolute atomic E-state index is 11.0. The summed E-state index contributed by atoms with van der Waals surface area (Å²) in [5.41, 5.74) is 2.70. The molecule has 3 aromatic rings. The van der Waals surface area contributed by atoms with Gasteiger partial charge in [-0.1, -0.05) is 11.6 Å². The molecule has 0 aliphatic heterocycles. The molecule has 0 aromatic carbocycles. The van der Waals surface area contributed by atoms with Crippen LogP contribution >= 0.6 is 11.6 Å². The molecule has 0 saturated carbocycles. The van der Waals surface area contributed by atoms with Crippen LogP contribution in [-0.4, -0.2) is 26.0 Å². The molecule has 96 valence electrons. The number of rotatable bonds is 2. The van der Waals surface area contributed by atoms with Crippen LogP contribution in [0, 0.1) is 0 Å². The Bertz CT molecular complexity index is 797. The zero-order valence-corrected chi connectivity index (χ0v) is 10.8. The van der Waals surface area contributed by atoms with Crippen molar-refractivity contribution in [2.75, 3.05) is 0 Å². The van der Waals surface area contributed by atoms with E-state index in [0.29, 0.717) is 16.5 Å². The summed E-state index contributed by atoms with van der Waals surface area (Å²) in [5, 5.41) is 10.2. The molecule has 2 N–H and O–H groups in total. The summed E-state index contributed by atoms with van der Waals surface area (Å²) in [6, 6.07) is 7.04. The molecule has 3 heterocycles. The number of aliphatic carboxylic acids is 1. The number of fused-ring (bicyclic) bond motifs is 3. The number of aromatic amines is 1. The summed E-state index contributed by atoms with van der Waals surface area (Å²) in [5.74, 6) is -1.54. The average molecular weight is 276 g/mol. The minimum absolute atomic E-state index is 0.413. The monoisotopic (exact) mass is 275 g/mol. The lowest BCUT2D eigenvalue weighted by Gasteiger charge is -2.04. The first-order valence-corrected chi connectivity index (χ1v) is 6.12. The number of carboxylic acid groups (broad SMARTS) is 1. The summed E-state index contributed by atoms with van der Waals surface area (Å²) in [7, 11) is 0. The molecule has 3 aromatic heterocycles. The first kappa shape index (κ1) is 11.9. The molecular weight excluding hydrogens is 266 g/mol. The SMILES string of the molecule is C[C@H](C(=O)O)c1ccc2c(n1)[nH]c1ccc(Cl)nc12.